The fraction of sp³-hybridized carbons (Fsp3) is 1.00. The average molecular weight is 170 g/mol. The molecule has 0 amide bonds. The van der Waals surface area contributed by atoms with E-state index in [0.717, 1.165) is 12.3 Å². The van der Waals surface area contributed by atoms with Crippen LogP contribution in [-0.2, 0) is 0 Å². The van der Waals surface area contributed by atoms with Crippen molar-refractivity contribution >= 4 is 0 Å². The molecule has 1 saturated carbocycles. The molecule has 0 aromatic heterocycles. The van der Waals surface area contributed by atoms with E-state index in [2.05, 4.69) is 13.8 Å². The van der Waals surface area contributed by atoms with Gasteiger partial charge in [0.25, 0.3) is 0 Å². The van der Waals surface area contributed by atoms with Crippen molar-refractivity contribution in [1.29, 1.82) is 0 Å². The van der Waals surface area contributed by atoms with Gasteiger partial charge in [0.1, 0.15) is 0 Å². The van der Waals surface area contributed by atoms with E-state index in [0.29, 0.717) is 5.92 Å². The first kappa shape index (κ1) is 10.0. The largest absolute Gasteiger partial charge is 0.393 e. The van der Waals surface area contributed by atoms with Gasteiger partial charge < -0.3 is 5.11 Å². The number of rotatable bonds is 5. The van der Waals surface area contributed by atoms with E-state index in [1.165, 1.54) is 32.1 Å². The quantitative estimate of drug-likeness (QED) is 0.672. The normalized spacial score (nSPS) is 23.2. The fourth-order valence-corrected chi connectivity index (χ4v) is 1.95. The third-order valence-corrected chi connectivity index (χ3v) is 3.20. The first-order valence-corrected chi connectivity index (χ1v) is 5.42. The van der Waals surface area contributed by atoms with Gasteiger partial charge in [0.2, 0.25) is 0 Å². The Hall–Kier alpha value is -0.0400. The van der Waals surface area contributed by atoms with Gasteiger partial charge >= 0.3 is 0 Å². The van der Waals surface area contributed by atoms with Gasteiger partial charge in [-0.15, -0.1) is 0 Å². The standard InChI is InChI=1S/C11H22O/c1-3-5-9(2)11(12)8-10-6-4-7-10/h9-12H,3-8H2,1-2H3. The number of hydrogen-bond donors (Lipinski definition) is 1. The summed E-state index contributed by atoms with van der Waals surface area (Å²) in [6.07, 6.45) is 7.50. The van der Waals surface area contributed by atoms with Crippen LogP contribution in [0.4, 0.5) is 0 Å². The van der Waals surface area contributed by atoms with Crippen molar-refractivity contribution < 1.29 is 5.11 Å². The molecule has 2 unspecified atom stereocenters. The van der Waals surface area contributed by atoms with Crippen molar-refractivity contribution in [3.63, 3.8) is 0 Å². The zero-order valence-corrected chi connectivity index (χ0v) is 8.42. The lowest BCUT2D eigenvalue weighted by Gasteiger charge is -2.29. The minimum absolute atomic E-state index is 0.0322. The van der Waals surface area contributed by atoms with E-state index < -0.39 is 0 Å². The molecule has 0 bridgehead atoms. The topological polar surface area (TPSA) is 20.2 Å². The van der Waals surface area contributed by atoms with Crippen LogP contribution in [0.3, 0.4) is 0 Å². The van der Waals surface area contributed by atoms with Crippen molar-refractivity contribution in [1.82, 2.24) is 0 Å². The van der Waals surface area contributed by atoms with Gasteiger partial charge in [-0.2, -0.15) is 0 Å². The molecular weight excluding hydrogens is 148 g/mol. The van der Waals surface area contributed by atoms with Gasteiger partial charge in [0.05, 0.1) is 6.10 Å². The summed E-state index contributed by atoms with van der Waals surface area (Å²) in [5.41, 5.74) is 0. The van der Waals surface area contributed by atoms with Crippen LogP contribution in [0.15, 0.2) is 0 Å². The molecule has 0 aromatic carbocycles. The molecular formula is C11H22O. The lowest BCUT2D eigenvalue weighted by Crippen LogP contribution is -2.24. The second kappa shape index (κ2) is 4.86. The van der Waals surface area contributed by atoms with Gasteiger partial charge in [0.15, 0.2) is 0 Å². The smallest absolute Gasteiger partial charge is 0.0568 e. The number of hydrogen-bond acceptors (Lipinski definition) is 1. The van der Waals surface area contributed by atoms with Gasteiger partial charge in [0, 0.05) is 0 Å². The number of aliphatic hydroxyl groups is 1. The zero-order chi connectivity index (χ0) is 8.97. The molecule has 2 atom stereocenters. The van der Waals surface area contributed by atoms with Crippen LogP contribution < -0.4 is 0 Å². The summed E-state index contributed by atoms with van der Waals surface area (Å²) in [7, 11) is 0. The minimum atomic E-state index is -0.0322. The van der Waals surface area contributed by atoms with Crippen molar-refractivity contribution in [2.75, 3.05) is 0 Å². The first-order chi connectivity index (χ1) is 5.74. The van der Waals surface area contributed by atoms with E-state index in [1.54, 1.807) is 0 Å². The lowest BCUT2D eigenvalue weighted by atomic mass is 9.79. The molecule has 0 radical (unpaired) electrons. The van der Waals surface area contributed by atoms with E-state index in [-0.39, 0.29) is 6.10 Å². The maximum atomic E-state index is 9.78. The second-order valence-electron chi connectivity index (χ2n) is 4.37. The summed E-state index contributed by atoms with van der Waals surface area (Å²) < 4.78 is 0. The average Bonchev–Trinajstić information content (AvgIpc) is 1.97. The van der Waals surface area contributed by atoms with Crippen LogP contribution in [0, 0.1) is 11.8 Å². The molecule has 0 saturated heterocycles. The molecule has 1 fully saturated rings. The van der Waals surface area contributed by atoms with E-state index in [1.807, 2.05) is 0 Å². The molecule has 12 heavy (non-hydrogen) atoms. The molecule has 1 N–H and O–H groups in total. The fourth-order valence-electron chi connectivity index (χ4n) is 1.95. The Morgan fingerprint density at radius 2 is 2.08 bits per heavy atom. The monoisotopic (exact) mass is 170 g/mol. The van der Waals surface area contributed by atoms with Gasteiger partial charge in [-0.25, -0.2) is 0 Å². The van der Waals surface area contributed by atoms with Crippen LogP contribution in [0.25, 0.3) is 0 Å². The van der Waals surface area contributed by atoms with Crippen molar-refractivity contribution in [2.45, 2.75) is 58.5 Å². The van der Waals surface area contributed by atoms with E-state index in [4.69, 9.17) is 0 Å². The van der Waals surface area contributed by atoms with Crippen LogP contribution in [0.1, 0.15) is 52.4 Å². The molecule has 0 spiro atoms. The molecule has 1 aliphatic carbocycles. The highest BCUT2D eigenvalue weighted by Crippen LogP contribution is 2.32. The second-order valence-corrected chi connectivity index (χ2v) is 4.37. The molecule has 0 aromatic rings. The maximum absolute atomic E-state index is 9.78. The highest BCUT2D eigenvalue weighted by molar-refractivity contribution is 4.75. The highest BCUT2D eigenvalue weighted by Gasteiger charge is 2.23. The summed E-state index contributed by atoms with van der Waals surface area (Å²) in [5.74, 6) is 1.36. The summed E-state index contributed by atoms with van der Waals surface area (Å²) in [4.78, 5) is 0. The van der Waals surface area contributed by atoms with Gasteiger partial charge in [-0.05, 0) is 24.7 Å². The summed E-state index contributed by atoms with van der Waals surface area (Å²) in [5, 5.41) is 9.78. The Bertz CT molecular complexity index is 118. The van der Waals surface area contributed by atoms with Crippen molar-refractivity contribution in [3.8, 4) is 0 Å². The molecule has 1 nitrogen and oxygen atoms in total. The Morgan fingerprint density at radius 1 is 1.42 bits per heavy atom. The van der Waals surface area contributed by atoms with Crippen LogP contribution in [0.2, 0.25) is 0 Å². The van der Waals surface area contributed by atoms with Crippen molar-refractivity contribution in [2.24, 2.45) is 11.8 Å². The molecule has 1 rings (SSSR count). The third-order valence-electron chi connectivity index (χ3n) is 3.20. The van der Waals surface area contributed by atoms with Gasteiger partial charge in [-0.3, -0.25) is 0 Å². The SMILES string of the molecule is CCCC(C)C(O)CC1CCC1. The maximum Gasteiger partial charge on any atom is 0.0568 e. The summed E-state index contributed by atoms with van der Waals surface area (Å²) in [6, 6.07) is 0. The Labute approximate surface area is 76.2 Å². The van der Waals surface area contributed by atoms with E-state index >= 15 is 0 Å². The molecule has 1 heteroatoms. The molecule has 1 aliphatic rings. The van der Waals surface area contributed by atoms with Crippen molar-refractivity contribution in [3.05, 3.63) is 0 Å². The Balaban J connectivity index is 2.12. The third kappa shape index (κ3) is 2.78. The predicted octanol–water partition coefficient (Wildman–Crippen LogP) is 2.97. The summed E-state index contributed by atoms with van der Waals surface area (Å²) in [6.45, 7) is 4.36. The Morgan fingerprint density at radius 3 is 2.50 bits per heavy atom. The predicted molar refractivity (Wildman–Crippen MR) is 52.0 cm³/mol. The van der Waals surface area contributed by atoms with Gasteiger partial charge in [-0.1, -0.05) is 39.5 Å². The number of aliphatic hydroxyl groups excluding tert-OH is 1. The highest BCUT2D eigenvalue weighted by atomic mass is 16.3. The minimum Gasteiger partial charge on any atom is -0.393 e. The molecule has 0 aliphatic heterocycles. The molecule has 72 valence electrons. The lowest BCUT2D eigenvalue weighted by molar-refractivity contribution is 0.0687. The van der Waals surface area contributed by atoms with E-state index in [9.17, 15) is 5.11 Å². The first-order valence-electron chi connectivity index (χ1n) is 5.42. The molecule has 0 heterocycles. The van der Waals surface area contributed by atoms with Crippen LogP contribution in [-0.4, -0.2) is 11.2 Å². The van der Waals surface area contributed by atoms with Crippen LogP contribution in [0.5, 0.6) is 0 Å². The van der Waals surface area contributed by atoms with Crippen LogP contribution >= 0.6 is 0 Å². The zero-order valence-electron chi connectivity index (χ0n) is 8.42. The Kier molecular flexibility index (Phi) is 4.07. The summed E-state index contributed by atoms with van der Waals surface area (Å²) >= 11 is 0.